The van der Waals surface area contributed by atoms with Crippen LogP contribution in [0.3, 0.4) is 0 Å². The fourth-order valence-corrected chi connectivity index (χ4v) is 2.90. The molecule has 0 unspecified atom stereocenters. The number of nitriles is 1. The number of aliphatic carboxylic acids is 1. The average molecular weight is 297 g/mol. The van der Waals surface area contributed by atoms with Gasteiger partial charge in [-0.2, -0.15) is 5.26 Å². The molecule has 0 bridgehead atoms. The largest absolute Gasteiger partial charge is 0.481 e. The van der Waals surface area contributed by atoms with E-state index in [1.165, 1.54) is 0 Å². The van der Waals surface area contributed by atoms with Crippen LogP contribution in [-0.2, 0) is 17.6 Å². The molecule has 21 heavy (non-hydrogen) atoms. The van der Waals surface area contributed by atoms with Gasteiger partial charge in [0.1, 0.15) is 0 Å². The molecule has 0 saturated carbocycles. The summed E-state index contributed by atoms with van der Waals surface area (Å²) < 4.78 is 0. The molecule has 0 aliphatic rings. The van der Waals surface area contributed by atoms with Crippen molar-refractivity contribution in [3.05, 3.63) is 59.2 Å². The van der Waals surface area contributed by atoms with Gasteiger partial charge in [-0.15, -0.1) is 0 Å². The van der Waals surface area contributed by atoms with Gasteiger partial charge >= 0.3 is 5.97 Å². The van der Waals surface area contributed by atoms with Crippen LogP contribution in [0.4, 0.5) is 0 Å². The van der Waals surface area contributed by atoms with E-state index < -0.39 is 5.97 Å². The van der Waals surface area contributed by atoms with Crippen LogP contribution in [0.1, 0.15) is 23.6 Å². The average Bonchev–Trinajstić information content (AvgIpc) is 2.48. The molecule has 0 aromatic heterocycles. The molecule has 0 fully saturated rings. The highest BCUT2D eigenvalue weighted by Gasteiger charge is 2.05. The monoisotopic (exact) mass is 297 g/mol. The van der Waals surface area contributed by atoms with Gasteiger partial charge in [0, 0.05) is 9.79 Å². The molecule has 1 N–H and O–H groups in total. The zero-order chi connectivity index (χ0) is 15.2. The molecular weight excluding hydrogens is 282 g/mol. The molecule has 0 radical (unpaired) electrons. The Kier molecular flexibility index (Phi) is 5.02. The fraction of sp³-hybridized carbons (Fsp3) is 0.176. The molecule has 0 aliphatic carbocycles. The minimum absolute atomic E-state index is 0.0434. The number of hydrogen-bond acceptors (Lipinski definition) is 3. The number of carboxylic acids is 1. The summed E-state index contributed by atoms with van der Waals surface area (Å²) in [5.74, 6) is -0.824. The maximum atomic E-state index is 10.6. The Hall–Kier alpha value is -2.25. The minimum Gasteiger partial charge on any atom is -0.481 e. The number of carbonyl (C=O) groups is 1. The Morgan fingerprint density at radius 3 is 2.43 bits per heavy atom. The van der Waals surface area contributed by atoms with Gasteiger partial charge in [-0.3, -0.25) is 4.79 Å². The number of benzene rings is 2. The van der Waals surface area contributed by atoms with Crippen molar-refractivity contribution in [3.8, 4) is 6.07 Å². The van der Waals surface area contributed by atoms with Gasteiger partial charge in [0.25, 0.3) is 0 Å². The molecule has 106 valence electrons. The Balaban J connectivity index is 2.15. The van der Waals surface area contributed by atoms with Crippen molar-refractivity contribution in [2.75, 3.05) is 0 Å². The van der Waals surface area contributed by atoms with Crippen molar-refractivity contribution in [3.63, 3.8) is 0 Å². The number of nitrogens with zero attached hydrogens (tertiary/aromatic N) is 1. The van der Waals surface area contributed by atoms with E-state index in [2.05, 4.69) is 6.07 Å². The van der Waals surface area contributed by atoms with E-state index in [9.17, 15) is 4.79 Å². The molecule has 2 rings (SSSR count). The fourth-order valence-electron chi connectivity index (χ4n) is 2.02. The molecule has 0 spiro atoms. The predicted octanol–water partition coefficient (Wildman–Crippen LogP) is 3.90. The molecule has 2 aromatic rings. The molecular formula is C17H15NO2S. The summed E-state index contributed by atoms with van der Waals surface area (Å²) in [6.45, 7) is 2.03. The van der Waals surface area contributed by atoms with Crippen LogP contribution in [-0.4, -0.2) is 11.1 Å². The normalized spacial score (nSPS) is 10.1. The third-order valence-electron chi connectivity index (χ3n) is 3.09. The number of hydrogen-bond donors (Lipinski definition) is 1. The van der Waals surface area contributed by atoms with Gasteiger partial charge in [-0.05, 0) is 47.9 Å². The third-order valence-corrected chi connectivity index (χ3v) is 4.09. The summed E-state index contributed by atoms with van der Waals surface area (Å²) in [6.07, 6.45) is 0.872. The molecule has 0 aliphatic heterocycles. The molecule has 0 atom stereocenters. The smallest absolute Gasteiger partial charge is 0.307 e. The lowest BCUT2D eigenvalue weighted by atomic mass is 10.1. The Labute approximate surface area is 128 Å². The summed E-state index contributed by atoms with van der Waals surface area (Å²) in [4.78, 5) is 12.8. The summed E-state index contributed by atoms with van der Waals surface area (Å²) in [7, 11) is 0. The van der Waals surface area contributed by atoms with Gasteiger partial charge in [0.05, 0.1) is 18.1 Å². The van der Waals surface area contributed by atoms with Crippen LogP contribution in [0.15, 0.2) is 52.3 Å². The van der Waals surface area contributed by atoms with E-state index in [-0.39, 0.29) is 6.42 Å². The van der Waals surface area contributed by atoms with Crippen molar-refractivity contribution in [2.24, 2.45) is 0 Å². The standard InChI is InChI=1S/C17H15NO2S/c1-2-13-10-16(8-5-14(13)11-18)21-15-6-3-12(4-7-15)9-17(19)20/h3-8,10H,2,9H2,1H3,(H,19,20). The lowest BCUT2D eigenvalue weighted by Crippen LogP contribution is -1.99. The van der Waals surface area contributed by atoms with Crippen LogP contribution in [0.25, 0.3) is 0 Å². The van der Waals surface area contributed by atoms with Crippen LogP contribution in [0, 0.1) is 11.3 Å². The van der Waals surface area contributed by atoms with E-state index in [4.69, 9.17) is 10.4 Å². The third kappa shape index (κ3) is 4.11. The van der Waals surface area contributed by atoms with Crippen LogP contribution < -0.4 is 0 Å². The van der Waals surface area contributed by atoms with Gasteiger partial charge < -0.3 is 5.11 Å². The SMILES string of the molecule is CCc1cc(Sc2ccc(CC(=O)O)cc2)ccc1C#N. The zero-order valence-electron chi connectivity index (χ0n) is 11.7. The van der Waals surface area contributed by atoms with Gasteiger partial charge in [-0.25, -0.2) is 0 Å². The second kappa shape index (κ2) is 6.96. The Bertz CT molecular complexity index is 687. The number of aryl methyl sites for hydroxylation is 1. The first-order chi connectivity index (χ1) is 10.1. The quantitative estimate of drug-likeness (QED) is 0.909. The molecule has 4 heteroatoms. The highest BCUT2D eigenvalue weighted by Crippen LogP contribution is 2.29. The Morgan fingerprint density at radius 2 is 1.86 bits per heavy atom. The zero-order valence-corrected chi connectivity index (χ0v) is 12.5. The van der Waals surface area contributed by atoms with Crippen molar-refractivity contribution < 1.29 is 9.90 Å². The first-order valence-corrected chi connectivity index (χ1v) is 7.45. The van der Waals surface area contributed by atoms with E-state index in [0.717, 1.165) is 32.9 Å². The van der Waals surface area contributed by atoms with E-state index in [1.54, 1.807) is 11.8 Å². The van der Waals surface area contributed by atoms with Crippen molar-refractivity contribution in [2.45, 2.75) is 29.6 Å². The van der Waals surface area contributed by atoms with Crippen molar-refractivity contribution >= 4 is 17.7 Å². The first-order valence-electron chi connectivity index (χ1n) is 6.64. The topological polar surface area (TPSA) is 61.1 Å². The van der Waals surface area contributed by atoms with Crippen molar-refractivity contribution in [1.82, 2.24) is 0 Å². The number of rotatable bonds is 5. The van der Waals surface area contributed by atoms with Gasteiger partial charge in [-0.1, -0.05) is 30.8 Å². The highest BCUT2D eigenvalue weighted by atomic mass is 32.2. The van der Waals surface area contributed by atoms with Gasteiger partial charge in [0.15, 0.2) is 0 Å². The van der Waals surface area contributed by atoms with Crippen LogP contribution in [0.2, 0.25) is 0 Å². The molecule has 2 aromatic carbocycles. The molecule has 0 heterocycles. The van der Waals surface area contributed by atoms with Crippen LogP contribution >= 0.6 is 11.8 Å². The molecule has 0 saturated heterocycles. The van der Waals surface area contributed by atoms with Crippen LogP contribution in [0.5, 0.6) is 0 Å². The van der Waals surface area contributed by atoms with Crippen molar-refractivity contribution in [1.29, 1.82) is 5.26 Å². The first kappa shape index (κ1) is 15.1. The summed E-state index contributed by atoms with van der Waals surface area (Å²) in [6, 6.07) is 15.5. The van der Waals surface area contributed by atoms with E-state index >= 15 is 0 Å². The summed E-state index contributed by atoms with van der Waals surface area (Å²) in [5.41, 5.74) is 2.56. The van der Waals surface area contributed by atoms with E-state index in [0.29, 0.717) is 0 Å². The minimum atomic E-state index is -0.824. The Morgan fingerprint density at radius 1 is 1.19 bits per heavy atom. The maximum absolute atomic E-state index is 10.6. The second-order valence-corrected chi connectivity index (χ2v) is 5.75. The predicted molar refractivity (Wildman–Crippen MR) is 82.4 cm³/mol. The maximum Gasteiger partial charge on any atom is 0.307 e. The lowest BCUT2D eigenvalue weighted by molar-refractivity contribution is -0.136. The molecule has 3 nitrogen and oxygen atoms in total. The summed E-state index contributed by atoms with van der Waals surface area (Å²) >= 11 is 1.61. The second-order valence-electron chi connectivity index (χ2n) is 4.60. The van der Waals surface area contributed by atoms with E-state index in [1.807, 2.05) is 49.4 Å². The lowest BCUT2D eigenvalue weighted by Gasteiger charge is -2.06. The highest BCUT2D eigenvalue weighted by molar-refractivity contribution is 7.99. The number of carboxylic acid groups (broad SMARTS) is 1. The molecule has 0 amide bonds. The summed E-state index contributed by atoms with van der Waals surface area (Å²) in [5, 5.41) is 17.8. The van der Waals surface area contributed by atoms with Gasteiger partial charge in [0.2, 0.25) is 0 Å².